The Kier molecular flexibility index (Phi) is 3.39. The lowest BCUT2D eigenvalue weighted by atomic mass is 10.2. The Morgan fingerprint density at radius 2 is 2.29 bits per heavy atom. The molecule has 0 amide bonds. The Morgan fingerprint density at radius 1 is 1.47 bits per heavy atom. The molecule has 0 spiro atoms. The monoisotopic (exact) mass is 235 g/mol. The smallest absolute Gasteiger partial charge is 0.165 e. The molecule has 0 aliphatic heterocycles. The number of hydrogen-bond donors (Lipinski definition) is 1. The highest BCUT2D eigenvalue weighted by atomic mass is 19.1. The van der Waals surface area contributed by atoms with Crippen molar-refractivity contribution >= 4 is 0 Å². The zero-order valence-corrected chi connectivity index (χ0v) is 9.77. The number of nitrogens with one attached hydrogen (secondary N) is 1. The molecule has 0 unspecified atom stereocenters. The first-order chi connectivity index (χ1) is 8.19. The SMILES string of the molecule is CNCc1cc(F)ccc1Oc1cnn(C)c1. The van der Waals surface area contributed by atoms with Crippen molar-refractivity contribution in [3.8, 4) is 11.5 Å². The summed E-state index contributed by atoms with van der Waals surface area (Å²) in [7, 11) is 3.62. The first-order valence-electron chi connectivity index (χ1n) is 5.28. The highest BCUT2D eigenvalue weighted by Crippen LogP contribution is 2.25. The van der Waals surface area contributed by atoms with Crippen molar-refractivity contribution in [3.63, 3.8) is 0 Å². The van der Waals surface area contributed by atoms with Gasteiger partial charge in [0.25, 0.3) is 0 Å². The Bertz CT molecular complexity index is 510. The van der Waals surface area contributed by atoms with Crippen LogP contribution in [0.5, 0.6) is 11.5 Å². The van der Waals surface area contributed by atoms with Gasteiger partial charge in [-0.3, -0.25) is 4.68 Å². The summed E-state index contributed by atoms with van der Waals surface area (Å²) in [5.74, 6) is 0.999. The van der Waals surface area contributed by atoms with E-state index in [2.05, 4.69) is 10.4 Å². The van der Waals surface area contributed by atoms with Crippen molar-refractivity contribution in [1.29, 1.82) is 0 Å². The Balaban J connectivity index is 2.25. The Labute approximate surface area is 99.0 Å². The minimum atomic E-state index is -0.270. The van der Waals surface area contributed by atoms with Crippen molar-refractivity contribution in [1.82, 2.24) is 15.1 Å². The lowest BCUT2D eigenvalue weighted by Gasteiger charge is -2.09. The van der Waals surface area contributed by atoms with Crippen molar-refractivity contribution in [2.75, 3.05) is 7.05 Å². The average Bonchev–Trinajstić information content (AvgIpc) is 2.69. The molecule has 2 rings (SSSR count). The van der Waals surface area contributed by atoms with E-state index in [-0.39, 0.29) is 5.82 Å². The van der Waals surface area contributed by atoms with Crippen molar-refractivity contribution in [2.24, 2.45) is 7.05 Å². The highest BCUT2D eigenvalue weighted by molar-refractivity contribution is 5.37. The number of ether oxygens (including phenoxy) is 1. The number of nitrogens with zero attached hydrogens (tertiary/aromatic N) is 2. The van der Waals surface area contributed by atoms with Crippen LogP contribution in [-0.4, -0.2) is 16.8 Å². The highest BCUT2D eigenvalue weighted by Gasteiger charge is 2.07. The second-order valence-corrected chi connectivity index (χ2v) is 3.73. The minimum absolute atomic E-state index is 0.270. The molecule has 0 bridgehead atoms. The number of halogens is 1. The van der Waals surface area contributed by atoms with Crippen LogP contribution >= 0.6 is 0 Å². The van der Waals surface area contributed by atoms with E-state index in [1.165, 1.54) is 12.1 Å². The maximum absolute atomic E-state index is 13.1. The molecule has 4 nitrogen and oxygen atoms in total. The van der Waals surface area contributed by atoms with E-state index >= 15 is 0 Å². The number of benzene rings is 1. The van der Waals surface area contributed by atoms with Gasteiger partial charge in [-0.1, -0.05) is 0 Å². The number of aryl methyl sites for hydroxylation is 1. The molecule has 0 fully saturated rings. The Hall–Kier alpha value is -1.88. The molecule has 0 saturated carbocycles. The van der Waals surface area contributed by atoms with Gasteiger partial charge in [-0.05, 0) is 25.2 Å². The lowest BCUT2D eigenvalue weighted by molar-refractivity contribution is 0.471. The zero-order valence-electron chi connectivity index (χ0n) is 9.77. The molecule has 0 saturated heterocycles. The second kappa shape index (κ2) is 4.97. The summed E-state index contributed by atoms with van der Waals surface area (Å²) >= 11 is 0. The van der Waals surface area contributed by atoms with E-state index in [9.17, 15) is 4.39 Å². The molecule has 1 heterocycles. The fourth-order valence-electron chi connectivity index (χ4n) is 1.55. The van der Waals surface area contributed by atoms with E-state index in [0.29, 0.717) is 18.0 Å². The molecule has 0 aliphatic carbocycles. The molecule has 0 radical (unpaired) electrons. The van der Waals surface area contributed by atoms with Gasteiger partial charge in [-0.25, -0.2) is 4.39 Å². The molecule has 0 atom stereocenters. The van der Waals surface area contributed by atoms with Crippen LogP contribution in [0.2, 0.25) is 0 Å². The summed E-state index contributed by atoms with van der Waals surface area (Å²) in [6.45, 7) is 0.549. The minimum Gasteiger partial charge on any atom is -0.454 e. The predicted molar refractivity (Wildman–Crippen MR) is 62.4 cm³/mol. The van der Waals surface area contributed by atoms with Crippen LogP contribution in [0.15, 0.2) is 30.6 Å². The van der Waals surface area contributed by atoms with E-state index in [1.54, 1.807) is 30.2 Å². The molecule has 1 aromatic heterocycles. The lowest BCUT2D eigenvalue weighted by Crippen LogP contribution is -2.06. The molecule has 90 valence electrons. The zero-order chi connectivity index (χ0) is 12.3. The van der Waals surface area contributed by atoms with Gasteiger partial charge >= 0.3 is 0 Å². The van der Waals surface area contributed by atoms with E-state index in [4.69, 9.17) is 4.74 Å². The summed E-state index contributed by atoms with van der Waals surface area (Å²) in [5.41, 5.74) is 0.774. The molecule has 1 N–H and O–H groups in total. The predicted octanol–water partition coefficient (Wildman–Crippen LogP) is 2.07. The summed E-state index contributed by atoms with van der Waals surface area (Å²) in [6, 6.07) is 4.46. The van der Waals surface area contributed by atoms with Crippen molar-refractivity contribution in [2.45, 2.75) is 6.54 Å². The third kappa shape index (κ3) is 2.82. The van der Waals surface area contributed by atoms with Gasteiger partial charge in [0.15, 0.2) is 5.75 Å². The van der Waals surface area contributed by atoms with E-state index in [1.807, 2.05) is 7.05 Å². The van der Waals surface area contributed by atoms with Gasteiger partial charge in [0, 0.05) is 19.2 Å². The molecule has 0 aliphatic rings. The van der Waals surface area contributed by atoms with Crippen LogP contribution in [0.1, 0.15) is 5.56 Å². The standard InChI is InChI=1S/C12H14FN3O/c1-14-6-9-5-10(13)3-4-12(9)17-11-7-15-16(2)8-11/h3-5,7-8,14H,6H2,1-2H3. The normalized spacial score (nSPS) is 10.5. The molecular weight excluding hydrogens is 221 g/mol. The molecule has 17 heavy (non-hydrogen) atoms. The fourth-order valence-corrected chi connectivity index (χ4v) is 1.55. The summed E-state index contributed by atoms with van der Waals surface area (Å²) < 4.78 is 20.4. The largest absolute Gasteiger partial charge is 0.454 e. The van der Waals surface area contributed by atoms with Gasteiger partial charge in [0.1, 0.15) is 11.6 Å². The third-order valence-corrected chi connectivity index (χ3v) is 2.30. The van der Waals surface area contributed by atoms with Crippen LogP contribution in [0, 0.1) is 5.82 Å². The molecular formula is C12H14FN3O. The van der Waals surface area contributed by atoms with Gasteiger partial charge in [-0.2, -0.15) is 5.10 Å². The molecule has 1 aromatic carbocycles. The topological polar surface area (TPSA) is 39.1 Å². The van der Waals surface area contributed by atoms with Crippen LogP contribution in [0.4, 0.5) is 4.39 Å². The van der Waals surface area contributed by atoms with Gasteiger partial charge in [-0.15, -0.1) is 0 Å². The maximum Gasteiger partial charge on any atom is 0.165 e. The summed E-state index contributed by atoms with van der Waals surface area (Å²) in [5, 5.41) is 6.98. The summed E-state index contributed by atoms with van der Waals surface area (Å²) in [6.07, 6.45) is 3.37. The van der Waals surface area contributed by atoms with Crippen LogP contribution in [0.25, 0.3) is 0 Å². The quantitative estimate of drug-likeness (QED) is 0.881. The van der Waals surface area contributed by atoms with Crippen LogP contribution in [-0.2, 0) is 13.6 Å². The van der Waals surface area contributed by atoms with E-state index in [0.717, 1.165) is 5.56 Å². The van der Waals surface area contributed by atoms with Gasteiger partial charge in [0.2, 0.25) is 0 Å². The summed E-state index contributed by atoms with van der Waals surface area (Å²) in [4.78, 5) is 0. The molecule has 5 heteroatoms. The Morgan fingerprint density at radius 3 is 2.94 bits per heavy atom. The fraction of sp³-hybridized carbons (Fsp3) is 0.250. The van der Waals surface area contributed by atoms with Crippen molar-refractivity contribution < 1.29 is 9.13 Å². The van der Waals surface area contributed by atoms with Crippen LogP contribution < -0.4 is 10.1 Å². The third-order valence-electron chi connectivity index (χ3n) is 2.30. The van der Waals surface area contributed by atoms with E-state index < -0.39 is 0 Å². The van der Waals surface area contributed by atoms with Crippen molar-refractivity contribution in [3.05, 3.63) is 42.0 Å². The number of rotatable bonds is 4. The molecule has 2 aromatic rings. The number of hydrogen-bond acceptors (Lipinski definition) is 3. The maximum atomic E-state index is 13.1. The second-order valence-electron chi connectivity index (χ2n) is 3.73. The van der Waals surface area contributed by atoms with Crippen LogP contribution in [0.3, 0.4) is 0 Å². The number of aromatic nitrogens is 2. The first kappa shape index (κ1) is 11.6. The van der Waals surface area contributed by atoms with Gasteiger partial charge < -0.3 is 10.1 Å². The van der Waals surface area contributed by atoms with Gasteiger partial charge in [0.05, 0.1) is 12.4 Å². The average molecular weight is 235 g/mol. The first-order valence-corrected chi connectivity index (χ1v) is 5.28.